The average molecular weight is 313 g/mol. The minimum Gasteiger partial charge on any atom is -0.495 e. The van der Waals surface area contributed by atoms with Crippen LogP contribution in [0.5, 0.6) is 11.5 Å². The van der Waals surface area contributed by atoms with E-state index in [1.54, 1.807) is 26.4 Å². The quantitative estimate of drug-likeness (QED) is 0.344. The van der Waals surface area contributed by atoms with Gasteiger partial charge in [-0.25, -0.2) is 10.8 Å². The number of methoxy groups -OCH3 is 2. The van der Waals surface area contributed by atoms with Gasteiger partial charge in [0.05, 0.1) is 31.0 Å². The molecule has 1 aliphatic rings. The fraction of sp³-hybridized carbons (Fsp3) is 0.500. The van der Waals surface area contributed by atoms with E-state index in [9.17, 15) is 0 Å². The van der Waals surface area contributed by atoms with Gasteiger partial charge in [-0.15, -0.1) is 0 Å². The lowest BCUT2D eigenvalue weighted by atomic mass is 10.2. The van der Waals surface area contributed by atoms with Gasteiger partial charge < -0.3 is 14.8 Å². The molecule has 0 bridgehead atoms. The number of benzene rings is 1. The van der Waals surface area contributed by atoms with E-state index in [0.29, 0.717) is 34.2 Å². The number of guanidine groups is 1. The molecule has 0 radical (unpaired) electrons. The number of nitrogens with two attached hydrogens (primary N) is 1. The van der Waals surface area contributed by atoms with Crippen LogP contribution >= 0.6 is 11.6 Å². The predicted octanol–water partition coefficient (Wildman–Crippen LogP) is 2.53. The zero-order valence-corrected chi connectivity index (χ0v) is 13.0. The second kappa shape index (κ2) is 7.38. The van der Waals surface area contributed by atoms with Crippen LogP contribution in [0.1, 0.15) is 25.7 Å². The zero-order valence-electron chi connectivity index (χ0n) is 12.3. The normalized spacial score (nSPS) is 15.9. The highest BCUT2D eigenvalue weighted by Crippen LogP contribution is 2.35. The fourth-order valence-corrected chi connectivity index (χ4v) is 2.64. The van der Waals surface area contributed by atoms with Crippen LogP contribution in [0.4, 0.5) is 5.69 Å². The second-order valence-electron chi connectivity index (χ2n) is 4.87. The number of halogens is 1. The van der Waals surface area contributed by atoms with Gasteiger partial charge in [0.25, 0.3) is 0 Å². The molecular weight excluding hydrogens is 292 g/mol. The summed E-state index contributed by atoms with van der Waals surface area (Å²) in [6, 6.07) is 3.75. The summed E-state index contributed by atoms with van der Waals surface area (Å²) >= 11 is 6.08. The van der Waals surface area contributed by atoms with Gasteiger partial charge >= 0.3 is 0 Å². The zero-order chi connectivity index (χ0) is 15.2. The lowest BCUT2D eigenvalue weighted by Gasteiger charge is -2.16. The maximum atomic E-state index is 6.08. The van der Waals surface area contributed by atoms with E-state index in [2.05, 4.69) is 15.7 Å². The molecule has 0 amide bonds. The standard InChI is InChI=1S/C14H21ClN4O2/c1-20-12-8-11(13(21-2)7-10(12)15)18-14(19-16)17-9-5-3-4-6-9/h7-9H,3-6,16H2,1-2H3,(H2,17,18,19). The molecule has 2 rings (SSSR count). The summed E-state index contributed by atoms with van der Waals surface area (Å²) in [7, 11) is 3.14. The van der Waals surface area contributed by atoms with Crippen molar-refractivity contribution >= 4 is 23.2 Å². The minimum absolute atomic E-state index is 0.309. The summed E-state index contributed by atoms with van der Waals surface area (Å²) in [5.74, 6) is 7.20. The SMILES string of the molecule is COc1cc(NC(=NC2CCCC2)NN)c(OC)cc1Cl. The Labute approximate surface area is 129 Å². The lowest BCUT2D eigenvalue weighted by Crippen LogP contribution is -2.37. The van der Waals surface area contributed by atoms with Crippen LogP contribution in [0.15, 0.2) is 17.1 Å². The first-order chi connectivity index (χ1) is 10.2. The molecule has 0 saturated heterocycles. The number of hydrogen-bond donors (Lipinski definition) is 3. The van der Waals surface area contributed by atoms with Crippen molar-refractivity contribution in [3.63, 3.8) is 0 Å². The Morgan fingerprint density at radius 1 is 1.24 bits per heavy atom. The van der Waals surface area contributed by atoms with Crippen molar-refractivity contribution in [1.82, 2.24) is 5.43 Å². The second-order valence-corrected chi connectivity index (χ2v) is 5.28. The summed E-state index contributed by atoms with van der Waals surface area (Å²) < 4.78 is 10.5. The number of aliphatic imine (C=N–C) groups is 1. The molecule has 0 heterocycles. The summed E-state index contributed by atoms with van der Waals surface area (Å²) in [5, 5.41) is 3.61. The Kier molecular flexibility index (Phi) is 5.52. The van der Waals surface area contributed by atoms with Gasteiger partial charge in [-0.2, -0.15) is 0 Å². The topological polar surface area (TPSA) is 80.9 Å². The van der Waals surface area contributed by atoms with Gasteiger partial charge in [0, 0.05) is 12.1 Å². The number of hydrogen-bond acceptors (Lipinski definition) is 4. The fourth-order valence-electron chi connectivity index (χ4n) is 2.41. The van der Waals surface area contributed by atoms with Crippen LogP contribution in [0, 0.1) is 0 Å². The number of hydrazine groups is 1. The van der Waals surface area contributed by atoms with Gasteiger partial charge in [0.1, 0.15) is 11.5 Å². The third-order valence-corrected chi connectivity index (χ3v) is 3.80. The summed E-state index contributed by atoms with van der Waals surface area (Å²) in [6.45, 7) is 0. The molecule has 1 aromatic rings. The Balaban J connectivity index is 2.23. The molecule has 0 unspecified atom stereocenters. The first-order valence-corrected chi connectivity index (χ1v) is 7.28. The molecule has 7 heteroatoms. The van der Waals surface area contributed by atoms with Crippen molar-refractivity contribution in [3.05, 3.63) is 17.2 Å². The highest BCUT2D eigenvalue weighted by atomic mass is 35.5. The number of nitrogens with one attached hydrogen (secondary N) is 2. The highest BCUT2D eigenvalue weighted by Gasteiger charge is 2.16. The maximum absolute atomic E-state index is 6.08. The van der Waals surface area contributed by atoms with Gasteiger partial charge in [0.2, 0.25) is 5.96 Å². The van der Waals surface area contributed by atoms with Crippen molar-refractivity contribution in [3.8, 4) is 11.5 Å². The number of nitrogens with zero attached hydrogens (tertiary/aromatic N) is 1. The van der Waals surface area contributed by atoms with Crippen LogP contribution in [0.2, 0.25) is 5.02 Å². The Morgan fingerprint density at radius 2 is 1.90 bits per heavy atom. The van der Waals surface area contributed by atoms with Crippen molar-refractivity contribution in [2.45, 2.75) is 31.7 Å². The van der Waals surface area contributed by atoms with Crippen LogP contribution in [-0.2, 0) is 0 Å². The van der Waals surface area contributed by atoms with Gasteiger partial charge in [-0.1, -0.05) is 24.4 Å². The molecule has 0 atom stereocenters. The Hall–Kier alpha value is -1.66. The number of rotatable bonds is 4. The smallest absolute Gasteiger partial charge is 0.210 e. The van der Waals surface area contributed by atoms with Crippen LogP contribution in [0.3, 0.4) is 0 Å². The molecule has 21 heavy (non-hydrogen) atoms. The van der Waals surface area contributed by atoms with Crippen LogP contribution in [0.25, 0.3) is 0 Å². The Bertz CT molecular complexity index is 516. The van der Waals surface area contributed by atoms with E-state index in [1.165, 1.54) is 12.8 Å². The van der Waals surface area contributed by atoms with E-state index in [1.807, 2.05) is 0 Å². The van der Waals surface area contributed by atoms with Crippen LogP contribution < -0.4 is 26.1 Å². The van der Waals surface area contributed by atoms with E-state index in [0.717, 1.165) is 12.8 Å². The van der Waals surface area contributed by atoms with Crippen LogP contribution in [-0.4, -0.2) is 26.2 Å². The number of ether oxygens (including phenoxy) is 2. The summed E-state index contributed by atoms with van der Waals surface area (Å²) in [6.07, 6.45) is 4.61. The molecule has 1 aromatic carbocycles. The van der Waals surface area contributed by atoms with Gasteiger partial charge in [0.15, 0.2) is 0 Å². The van der Waals surface area contributed by atoms with Crippen molar-refractivity contribution < 1.29 is 9.47 Å². The largest absolute Gasteiger partial charge is 0.495 e. The average Bonchev–Trinajstić information content (AvgIpc) is 3.00. The molecule has 1 fully saturated rings. The molecule has 0 aliphatic heterocycles. The first kappa shape index (κ1) is 15.7. The number of anilines is 1. The van der Waals surface area contributed by atoms with E-state index < -0.39 is 0 Å². The molecule has 6 nitrogen and oxygen atoms in total. The van der Waals surface area contributed by atoms with Gasteiger partial charge in [-0.05, 0) is 12.8 Å². The van der Waals surface area contributed by atoms with E-state index in [4.69, 9.17) is 26.9 Å². The first-order valence-electron chi connectivity index (χ1n) is 6.91. The predicted molar refractivity (Wildman–Crippen MR) is 85.2 cm³/mol. The molecule has 0 spiro atoms. The van der Waals surface area contributed by atoms with Crippen molar-refractivity contribution in [2.75, 3.05) is 19.5 Å². The molecule has 1 saturated carbocycles. The third kappa shape index (κ3) is 3.92. The third-order valence-electron chi connectivity index (χ3n) is 3.50. The molecule has 0 aromatic heterocycles. The van der Waals surface area contributed by atoms with Crippen molar-refractivity contribution in [2.24, 2.45) is 10.8 Å². The molecule has 4 N–H and O–H groups in total. The summed E-state index contributed by atoms with van der Waals surface area (Å²) in [4.78, 5) is 4.58. The molecular formula is C14H21ClN4O2. The summed E-state index contributed by atoms with van der Waals surface area (Å²) in [5.41, 5.74) is 3.28. The lowest BCUT2D eigenvalue weighted by molar-refractivity contribution is 0.405. The maximum Gasteiger partial charge on any atom is 0.210 e. The molecule has 1 aliphatic carbocycles. The van der Waals surface area contributed by atoms with Gasteiger partial charge in [-0.3, -0.25) is 5.43 Å². The molecule has 116 valence electrons. The minimum atomic E-state index is 0.309. The van der Waals surface area contributed by atoms with Crippen molar-refractivity contribution in [1.29, 1.82) is 0 Å². The highest BCUT2D eigenvalue weighted by molar-refractivity contribution is 6.32. The monoisotopic (exact) mass is 312 g/mol. The Morgan fingerprint density at radius 3 is 2.48 bits per heavy atom. The van der Waals surface area contributed by atoms with E-state index in [-0.39, 0.29) is 0 Å². The van der Waals surface area contributed by atoms with E-state index >= 15 is 0 Å².